The molecule has 0 aliphatic heterocycles. The Balaban J connectivity index is 1.92. The molecule has 8 heteroatoms. The van der Waals surface area contributed by atoms with Crippen LogP contribution in [0.3, 0.4) is 0 Å². The fourth-order valence-corrected chi connectivity index (χ4v) is 2.47. The molecule has 1 aliphatic rings. The van der Waals surface area contributed by atoms with Gasteiger partial charge < -0.3 is 9.84 Å². The minimum Gasteiger partial charge on any atom is -0.478 e. The van der Waals surface area contributed by atoms with Gasteiger partial charge in [0, 0.05) is 11.8 Å². The maximum absolute atomic E-state index is 12.4. The van der Waals surface area contributed by atoms with E-state index in [1.165, 1.54) is 36.5 Å². The standard InChI is InChI=1S/C19H13F3N2O3/c20-19(21,22)27-15-6-2-5-14(11-15)17-23-10-9-16(24-17)12-3-1-4-13(8-7-12)18(25)26/h1-2,4-11H,3H2,(H,25,26). The first-order chi connectivity index (χ1) is 12.8. The molecule has 0 unspecified atom stereocenters. The third-order valence-corrected chi connectivity index (χ3v) is 3.66. The number of hydrogen-bond donors (Lipinski definition) is 1. The molecule has 138 valence electrons. The van der Waals surface area contributed by atoms with Crippen molar-refractivity contribution in [2.45, 2.75) is 12.8 Å². The van der Waals surface area contributed by atoms with Crippen LogP contribution in [0.5, 0.6) is 5.75 Å². The van der Waals surface area contributed by atoms with Gasteiger partial charge in [-0.05, 0) is 36.3 Å². The average Bonchev–Trinajstić information content (AvgIpc) is 2.87. The van der Waals surface area contributed by atoms with E-state index in [1.807, 2.05) is 0 Å². The number of ether oxygens (including phenoxy) is 1. The molecule has 3 rings (SSSR count). The number of aromatic nitrogens is 2. The molecule has 0 amide bonds. The highest BCUT2D eigenvalue weighted by Gasteiger charge is 2.31. The summed E-state index contributed by atoms with van der Waals surface area (Å²) in [5, 5.41) is 9.05. The SMILES string of the molecule is O=C(O)C1=CC=C(c2ccnc(-c3cccc(OC(F)(F)F)c3)n2)CC=C1. The molecule has 0 saturated heterocycles. The van der Waals surface area contributed by atoms with Crippen LogP contribution in [0.2, 0.25) is 0 Å². The van der Waals surface area contributed by atoms with Crippen molar-refractivity contribution in [3.8, 4) is 17.1 Å². The lowest BCUT2D eigenvalue weighted by atomic mass is 10.1. The number of alkyl halides is 3. The summed E-state index contributed by atoms with van der Waals surface area (Å²) in [6, 6.07) is 7.04. The highest BCUT2D eigenvalue weighted by Crippen LogP contribution is 2.27. The fraction of sp³-hybridized carbons (Fsp3) is 0.105. The summed E-state index contributed by atoms with van der Waals surface area (Å²) < 4.78 is 41.1. The first-order valence-corrected chi connectivity index (χ1v) is 7.82. The highest BCUT2D eigenvalue weighted by atomic mass is 19.4. The van der Waals surface area contributed by atoms with Crippen molar-refractivity contribution in [1.82, 2.24) is 9.97 Å². The maximum Gasteiger partial charge on any atom is 0.573 e. The summed E-state index contributed by atoms with van der Waals surface area (Å²) in [7, 11) is 0. The van der Waals surface area contributed by atoms with Gasteiger partial charge in [-0.1, -0.05) is 30.4 Å². The number of carboxylic acid groups (broad SMARTS) is 1. The molecule has 1 heterocycles. The third-order valence-electron chi connectivity index (χ3n) is 3.66. The summed E-state index contributed by atoms with van der Waals surface area (Å²) in [5.41, 5.74) is 1.82. The molecule has 0 fully saturated rings. The maximum atomic E-state index is 12.4. The minimum absolute atomic E-state index is 0.149. The number of carbonyl (C=O) groups is 1. The average molecular weight is 374 g/mol. The molecular formula is C19H13F3N2O3. The summed E-state index contributed by atoms with van der Waals surface area (Å²) in [5.74, 6) is -1.16. The minimum atomic E-state index is -4.78. The van der Waals surface area contributed by atoms with Crippen LogP contribution in [0.25, 0.3) is 17.0 Å². The summed E-state index contributed by atoms with van der Waals surface area (Å²) >= 11 is 0. The Labute approximate surface area is 152 Å². The van der Waals surface area contributed by atoms with Crippen molar-refractivity contribution in [1.29, 1.82) is 0 Å². The third kappa shape index (κ3) is 4.81. The van der Waals surface area contributed by atoms with Gasteiger partial charge in [-0.2, -0.15) is 0 Å². The number of halogens is 3. The van der Waals surface area contributed by atoms with E-state index in [1.54, 1.807) is 24.3 Å². The van der Waals surface area contributed by atoms with Gasteiger partial charge in [0.25, 0.3) is 0 Å². The quantitative estimate of drug-likeness (QED) is 0.859. The second-order valence-electron chi connectivity index (χ2n) is 5.57. The molecule has 2 aromatic rings. The van der Waals surface area contributed by atoms with Crippen LogP contribution in [0.4, 0.5) is 13.2 Å². The van der Waals surface area contributed by atoms with E-state index >= 15 is 0 Å². The van der Waals surface area contributed by atoms with E-state index in [0.29, 0.717) is 17.7 Å². The van der Waals surface area contributed by atoms with Crippen molar-refractivity contribution < 1.29 is 27.8 Å². The highest BCUT2D eigenvalue weighted by molar-refractivity contribution is 5.91. The van der Waals surface area contributed by atoms with Crippen LogP contribution in [0, 0.1) is 0 Å². The van der Waals surface area contributed by atoms with E-state index in [-0.39, 0.29) is 17.1 Å². The smallest absolute Gasteiger partial charge is 0.478 e. The Kier molecular flexibility index (Phi) is 5.07. The molecule has 1 N–H and O–H groups in total. The largest absolute Gasteiger partial charge is 0.573 e. The number of rotatable bonds is 4. The van der Waals surface area contributed by atoms with E-state index in [9.17, 15) is 18.0 Å². The van der Waals surface area contributed by atoms with Gasteiger partial charge in [-0.25, -0.2) is 14.8 Å². The summed E-state index contributed by atoms with van der Waals surface area (Å²) in [6.45, 7) is 0. The van der Waals surface area contributed by atoms with E-state index in [0.717, 1.165) is 5.57 Å². The van der Waals surface area contributed by atoms with Gasteiger partial charge in [-0.15, -0.1) is 13.2 Å². The molecule has 1 aromatic carbocycles. The van der Waals surface area contributed by atoms with E-state index < -0.39 is 12.3 Å². The molecule has 0 spiro atoms. The first kappa shape index (κ1) is 18.4. The number of allylic oxidation sites excluding steroid dienone is 4. The zero-order valence-electron chi connectivity index (χ0n) is 13.8. The molecule has 1 aromatic heterocycles. The lowest BCUT2D eigenvalue weighted by Gasteiger charge is -2.10. The van der Waals surface area contributed by atoms with Gasteiger partial charge in [0.1, 0.15) is 5.75 Å². The van der Waals surface area contributed by atoms with E-state index in [2.05, 4.69) is 14.7 Å². The van der Waals surface area contributed by atoms with Crippen LogP contribution < -0.4 is 4.74 Å². The number of carboxylic acids is 1. The predicted octanol–water partition coefficient (Wildman–Crippen LogP) is 4.40. The van der Waals surface area contributed by atoms with E-state index in [4.69, 9.17) is 5.11 Å². The van der Waals surface area contributed by atoms with Gasteiger partial charge in [0.05, 0.1) is 11.3 Å². The molecule has 0 atom stereocenters. The number of hydrogen-bond acceptors (Lipinski definition) is 4. The normalized spacial score (nSPS) is 14.2. The van der Waals surface area contributed by atoms with Gasteiger partial charge in [0.15, 0.2) is 5.82 Å². The second-order valence-corrected chi connectivity index (χ2v) is 5.57. The molecule has 0 saturated carbocycles. The van der Waals surface area contributed by atoms with Crippen LogP contribution in [0.1, 0.15) is 12.1 Å². The monoisotopic (exact) mass is 374 g/mol. The lowest BCUT2D eigenvalue weighted by molar-refractivity contribution is -0.274. The van der Waals surface area contributed by atoms with Crippen molar-refractivity contribution in [3.05, 3.63) is 72.1 Å². The zero-order valence-corrected chi connectivity index (χ0v) is 13.8. The topological polar surface area (TPSA) is 72.3 Å². The van der Waals surface area contributed by atoms with Crippen molar-refractivity contribution >= 4 is 11.5 Å². The van der Waals surface area contributed by atoms with Gasteiger partial charge in [0.2, 0.25) is 0 Å². The van der Waals surface area contributed by atoms with Gasteiger partial charge in [-0.3, -0.25) is 0 Å². The van der Waals surface area contributed by atoms with Crippen LogP contribution >= 0.6 is 0 Å². The number of benzene rings is 1. The Morgan fingerprint density at radius 2 is 2.00 bits per heavy atom. The summed E-state index contributed by atoms with van der Waals surface area (Å²) in [4.78, 5) is 19.5. The van der Waals surface area contributed by atoms with Crippen LogP contribution in [-0.2, 0) is 4.79 Å². The van der Waals surface area contributed by atoms with Crippen molar-refractivity contribution in [2.24, 2.45) is 0 Å². The van der Waals surface area contributed by atoms with Crippen LogP contribution in [-0.4, -0.2) is 27.4 Å². The van der Waals surface area contributed by atoms with Crippen molar-refractivity contribution in [2.75, 3.05) is 0 Å². The van der Waals surface area contributed by atoms with Gasteiger partial charge >= 0.3 is 12.3 Å². The fourth-order valence-electron chi connectivity index (χ4n) is 2.47. The summed E-state index contributed by atoms with van der Waals surface area (Å²) in [6.07, 6.45) is 3.50. The lowest BCUT2D eigenvalue weighted by Crippen LogP contribution is -2.17. The Hall–Kier alpha value is -3.42. The molecular weight excluding hydrogens is 361 g/mol. The molecule has 0 radical (unpaired) electrons. The Morgan fingerprint density at radius 1 is 1.19 bits per heavy atom. The zero-order chi connectivity index (χ0) is 19.4. The number of nitrogens with zero attached hydrogens (tertiary/aromatic N) is 2. The predicted molar refractivity (Wildman–Crippen MR) is 91.6 cm³/mol. The first-order valence-electron chi connectivity index (χ1n) is 7.82. The van der Waals surface area contributed by atoms with Crippen molar-refractivity contribution in [3.63, 3.8) is 0 Å². The Morgan fingerprint density at radius 3 is 2.74 bits per heavy atom. The molecule has 1 aliphatic carbocycles. The molecule has 27 heavy (non-hydrogen) atoms. The molecule has 5 nitrogen and oxygen atoms in total. The molecule has 0 bridgehead atoms. The Bertz CT molecular complexity index is 963. The van der Waals surface area contributed by atoms with Crippen LogP contribution in [0.15, 0.2) is 66.4 Å². The number of aliphatic carboxylic acids is 1. The second kappa shape index (κ2) is 7.45.